The number of hydrogen-bond acceptors (Lipinski definition) is 10. The van der Waals surface area contributed by atoms with Crippen LogP contribution in [0.1, 0.15) is 310 Å². The molecule has 8 atom stereocenters. The van der Waals surface area contributed by atoms with E-state index in [1.54, 1.807) is 6.08 Å². The zero-order valence-electron chi connectivity index (χ0n) is 54.7. The number of ether oxygens (including phenoxy) is 3. The summed E-state index contributed by atoms with van der Waals surface area (Å²) in [7, 11) is 0. The summed E-state index contributed by atoms with van der Waals surface area (Å²) in [6.45, 7) is 5.74. The minimum absolute atomic E-state index is 0.0841. The van der Waals surface area contributed by atoms with Crippen molar-refractivity contribution in [2.24, 2.45) is 0 Å². The Bertz CT molecular complexity index is 1710. The number of unbranched alkanes of at least 4 members (excludes halogenated alkanes) is 34. The molecule has 0 radical (unpaired) electrons. The van der Waals surface area contributed by atoms with Crippen LogP contribution in [-0.2, 0) is 23.8 Å². The average Bonchev–Trinajstić information content (AvgIpc) is 2.90. The molecule has 1 rings (SSSR count). The second kappa shape index (κ2) is 61.1. The summed E-state index contributed by atoms with van der Waals surface area (Å²) in [6, 6.07) is -1.03. The molecule has 0 aliphatic carbocycles. The van der Waals surface area contributed by atoms with Crippen molar-refractivity contribution in [3.8, 4) is 0 Å². The predicted molar refractivity (Wildman–Crippen MR) is 356 cm³/mol. The van der Waals surface area contributed by atoms with Gasteiger partial charge in [-0.25, -0.2) is 0 Å². The Morgan fingerprint density at radius 3 is 1.24 bits per heavy atom. The number of amides is 1. The van der Waals surface area contributed by atoms with Crippen molar-refractivity contribution in [1.29, 1.82) is 0 Å². The van der Waals surface area contributed by atoms with Gasteiger partial charge in [-0.3, -0.25) is 9.59 Å². The summed E-state index contributed by atoms with van der Waals surface area (Å²) in [5, 5.41) is 57.2. The van der Waals surface area contributed by atoms with E-state index >= 15 is 0 Å². The lowest BCUT2D eigenvalue weighted by atomic mass is 9.99. The van der Waals surface area contributed by atoms with Gasteiger partial charge in [0.25, 0.3) is 0 Å². The van der Waals surface area contributed by atoms with Crippen LogP contribution in [-0.4, -0.2) is 99.6 Å². The van der Waals surface area contributed by atoms with Crippen LogP contribution in [0, 0.1) is 0 Å². The van der Waals surface area contributed by atoms with Crippen LogP contribution in [0.4, 0.5) is 0 Å². The second-order valence-electron chi connectivity index (χ2n) is 24.3. The minimum atomic E-state index is -1.63. The highest BCUT2D eigenvalue weighted by atomic mass is 16.7. The molecule has 6 N–H and O–H groups in total. The fraction of sp³-hybridized carbons (Fsp3) is 0.784. The summed E-state index contributed by atoms with van der Waals surface area (Å²) in [6.07, 6.45) is 70.6. The highest BCUT2D eigenvalue weighted by molar-refractivity contribution is 5.80. The lowest BCUT2D eigenvalue weighted by molar-refractivity contribution is -0.305. The average molecular weight is 1190 g/mol. The Labute approximate surface area is 521 Å². The van der Waals surface area contributed by atoms with Crippen molar-refractivity contribution < 1.29 is 49.3 Å². The first kappa shape index (κ1) is 79.9. The number of aliphatic hydroxyl groups excluding tert-OH is 5. The lowest BCUT2D eigenvalue weighted by Gasteiger charge is -2.41. The Morgan fingerprint density at radius 1 is 0.459 bits per heavy atom. The monoisotopic (exact) mass is 1190 g/mol. The molecule has 0 aromatic carbocycles. The van der Waals surface area contributed by atoms with Gasteiger partial charge < -0.3 is 45.1 Å². The molecule has 0 aromatic rings. The molecule has 1 aliphatic rings. The van der Waals surface area contributed by atoms with Crippen molar-refractivity contribution in [2.45, 2.75) is 359 Å². The van der Waals surface area contributed by atoms with E-state index < -0.39 is 67.4 Å². The molecule has 0 bridgehead atoms. The number of carbonyl (C=O) groups is 2. The van der Waals surface area contributed by atoms with Gasteiger partial charge >= 0.3 is 5.97 Å². The number of aliphatic hydroxyl groups is 5. The van der Waals surface area contributed by atoms with E-state index in [0.29, 0.717) is 12.8 Å². The van der Waals surface area contributed by atoms with Gasteiger partial charge in [-0.15, -0.1) is 0 Å². The van der Waals surface area contributed by atoms with Gasteiger partial charge in [0, 0.05) is 6.42 Å². The zero-order chi connectivity index (χ0) is 61.7. The molecular formula is C74H131NO10. The largest absolute Gasteiger partial charge is 0.454 e. The highest BCUT2D eigenvalue weighted by Gasteiger charge is 2.47. The molecule has 8 unspecified atom stereocenters. The quantitative estimate of drug-likeness (QED) is 0.0195. The number of rotatable bonds is 60. The lowest BCUT2D eigenvalue weighted by Crippen LogP contribution is -2.61. The standard InChI is InChI=1S/C74H131NO10/c1-4-7-10-13-16-19-22-24-26-28-30-31-32-33-34-35-36-38-39-41-43-46-49-52-55-58-61-67(78)73(82)75-65(66(77)60-57-54-51-48-45-21-18-15-12-9-6-3)64-83-74-72(71(81)70(80)68(63-76)84-74)85-69(79)62-59-56-53-50-47-44-42-40-37-29-27-25-23-20-17-14-11-8-5-2/h16-17,19-20,24-27,37,40,44,47,57,60,65-68,70-72,74,76-78,80-81H,4-15,18,21-23,28-36,38-39,41-43,45-46,48-56,58-59,61-64H2,1-3H3,(H,75,82)/b19-16-,20-17-,26-24-,27-25-,40-37-,47-44-,60-57+. The molecule has 0 spiro atoms. The number of nitrogens with one attached hydrogen (secondary N) is 1. The van der Waals surface area contributed by atoms with Gasteiger partial charge in [-0.1, -0.05) is 286 Å². The number of hydrogen-bond donors (Lipinski definition) is 6. The third-order valence-corrected chi connectivity index (χ3v) is 16.3. The first-order valence-electron chi connectivity index (χ1n) is 35.4. The Morgan fingerprint density at radius 2 is 0.812 bits per heavy atom. The molecule has 0 saturated carbocycles. The van der Waals surface area contributed by atoms with Crippen LogP contribution in [0.5, 0.6) is 0 Å². The van der Waals surface area contributed by atoms with E-state index in [1.165, 1.54) is 180 Å². The van der Waals surface area contributed by atoms with Crippen LogP contribution in [0.3, 0.4) is 0 Å². The summed E-state index contributed by atoms with van der Waals surface area (Å²) in [5.41, 5.74) is 0. The van der Waals surface area contributed by atoms with Crippen LogP contribution >= 0.6 is 0 Å². The summed E-state index contributed by atoms with van der Waals surface area (Å²) in [4.78, 5) is 26.6. The van der Waals surface area contributed by atoms with E-state index in [9.17, 15) is 35.1 Å². The molecule has 11 heteroatoms. The van der Waals surface area contributed by atoms with Crippen molar-refractivity contribution in [2.75, 3.05) is 13.2 Å². The highest BCUT2D eigenvalue weighted by Crippen LogP contribution is 2.26. The van der Waals surface area contributed by atoms with E-state index in [4.69, 9.17) is 14.2 Å². The zero-order valence-corrected chi connectivity index (χ0v) is 54.7. The van der Waals surface area contributed by atoms with E-state index in [-0.39, 0.29) is 19.4 Å². The first-order chi connectivity index (χ1) is 41.7. The third-order valence-electron chi connectivity index (χ3n) is 16.3. The van der Waals surface area contributed by atoms with E-state index in [0.717, 1.165) is 83.5 Å². The Hall–Kier alpha value is -3.16. The van der Waals surface area contributed by atoms with Crippen molar-refractivity contribution in [3.05, 3.63) is 85.1 Å². The third kappa shape index (κ3) is 48.4. The normalized spacial score (nSPS) is 18.9. The van der Waals surface area contributed by atoms with Crippen LogP contribution in [0.25, 0.3) is 0 Å². The van der Waals surface area contributed by atoms with Gasteiger partial charge in [-0.05, 0) is 103 Å². The number of esters is 1. The Kier molecular flexibility index (Phi) is 57.4. The van der Waals surface area contributed by atoms with E-state index in [2.05, 4.69) is 99.0 Å². The topological polar surface area (TPSA) is 175 Å². The van der Waals surface area contributed by atoms with Gasteiger partial charge in [0.1, 0.15) is 24.4 Å². The smallest absolute Gasteiger partial charge is 0.306 e. The molecule has 11 nitrogen and oxygen atoms in total. The minimum Gasteiger partial charge on any atom is -0.454 e. The maximum Gasteiger partial charge on any atom is 0.306 e. The van der Waals surface area contributed by atoms with Crippen LogP contribution < -0.4 is 5.32 Å². The maximum absolute atomic E-state index is 13.5. The second-order valence-corrected chi connectivity index (χ2v) is 24.3. The molecular weight excluding hydrogens is 1060 g/mol. The molecule has 1 heterocycles. The summed E-state index contributed by atoms with van der Waals surface area (Å²) in [5.74, 6) is -1.22. The molecule has 0 aromatic heterocycles. The van der Waals surface area contributed by atoms with E-state index in [1.807, 2.05) is 6.08 Å². The Balaban J connectivity index is 2.56. The molecule has 1 saturated heterocycles. The number of carbonyl (C=O) groups excluding carboxylic acids is 2. The van der Waals surface area contributed by atoms with Gasteiger partial charge in [0.15, 0.2) is 12.4 Å². The molecule has 1 amide bonds. The van der Waals surface area contributed by atoms with Crippen LogP contribution in [0.2, 0.25) is 0 Å². The molecule has 85 heavy (non-hydrogen) atoms. The summed E-state index contributed by atoms with van der Waals surface area (Å²) >= 11 is 0. The predicted octanol–water partition coefficient (Wildman–Crippen LogP) is 18.1. The fourth-order valence-corrected chi connectivity index (χ4v) is 10.7. The van der Waals surface area contributed by atoms with Gasteiger partial charge in [-0.2, -0.15) is 0 Å². The number of allylic oxidation sites excluding steroid dienone is 13. The molecule has 492 valence electrons. The van der Waals surface area contributed by atoms with Crippen molar-refractivity contribution >= 4 is 11.9 Å². The first-order valence-corrected chi connectivity index (χ1v) is 35.4. The molecule has 1 fully saturated rings. The fourth-order valence-electron chi connectivity index (χ4n) is 10.7. The van der Waals surface area contributed by atoms with Gasteiger partial charge in [0.05, 0.1) is 25.4 Å². The van der Waals surface area contributed by atoms with Crippen LogP contribution in [0.15, 0.2) is 85.1 Å². The summed E-state index contributed by atoms with van der Waals surface area (Å²) < 4.78 is 17.6. The van der Waals surface area contributed by atoms with Gasteiger partial charge in [0.2, 0.25) is 5.91 Å². The molecule has 1 aliphatic heterocycles. The van der Waals surface area contributed by atoms with Crippen molar-refractivity contribution in [1.82, 2.24) is 5.32 Å². The van der Waals surface area contributed by atoms with Crippen molar-refractivity contribution in [3.63, 3.8) is 0 Å². The SMILES string of the molecule is CCCCC/C=C\C/C=C\C/C=C\C/C=C\CCCCCC(=O)OC1C(OCC(NC(=O)C(O)CCCCCCCCCCCCCCCCCC/C=C\C/C=C\CCCCC)C(O)/C=C/CCCCCCCCCCC)OC(CO)C(O)C1O. The maximum atomic E-state index is 13.5.